The number of fused-ring (bicyclic) bond motifs is 1. The van der Waals surface area contributed by atoms with Crippen LogP contribution in [0.1, 0.15) is 0 Å². The van der Waals surface area contributed by atoms with E-state index >= 15 is 0 Å². The van der Waals surface area contributed by atoms with Crippen LogP contribution in [0.5, 0.6) is 0 Å². The first kappa shape index (κ1) is 20.7. The molecule has 0 saturated carbocycles. The molecule has 31 heavy (non-hydrogen) atoms. The van der Waals surface area contributed by atoms with E-state index in [9.17, 15) is 16.8 Å². The molecule has 0 unspecified atom stereocenters. The number of H-pyrrole nitrogens is 2. The number of nitrogens with zero attached hydrogens (tertiary/aromatic N) is 2. The Morgan fingerprint density at radius 2 is 1.74 bits per heavy atom. The summed E-state index contributed by atoms with van der Waals surface area (Å²) in [6.07, 6.45) is 2.68. The van der Waals surface area contributed by atoms with Gasteiger partial charge in [-0.15, -0.1) is 0 Å². The number of nitrogens with two attached hydrogens (primary N) is 1. The lowest BCUT2D eigenvalue weighted by Crippen LogP contribution is -2.12. The van der Waals surface area contributed by atoms with Crippen LogP contribution in [0.3, 0.4) is 0 Å². The van der Waals surface area contributed by atoms with Crippen LogP contribution >= 0.6 is 0 Å². The molecule has 0 aliphatic heterocycles. The minimum atomic E-state index is -3.85. The zero-order chi connectivity index (χ0) is 22.2. The van der Waals surface area contributed by atoms with Gasteiger partial charge in [-0.3, -0.25) is 9.71 Å². The van der Waals surface area contributed by atoms with Crippen molar-refractivity contribution in [2.24, 2.45) is 5.14 Å². The predicted octanol–water partition coefficient (Wildman–Crippen LogP) is 1.20. The molecular weight excluding hydrogens is 442 g/mol. The molecule has 0 spiro atoms. The maximum absolute atomic E-state index is 11.6. The molecule has 4 aromatic rings. The maximum atomic E-state index is 11.6. The van der Waals surface area contributed by atoms with Gasteiger partial charge in [0.15, 0.2) is 11.8 Å². The summed E-state index contributed by atoms with van der Waals surface area (Å²) in [7, 11) is -7.24. The molecule has 0 aliphatic rings. The topological polar surface area (TPSA) is 174 Å². The van der Waals surface area contributed by atoms with E-state index in [1.54, 1.807) is 42.7 Å². The second kappa shape index (κ2) is 7.61. The van der Waals surface area contributed by atoms with Crippen molar-refractivity contribution in [2.75, 3.05) is 16.3 Å². The quantitative estimate of drug-likeness (QED) is 0.334. The molecule has 0 fully saturated rings. The van der Waals surface area contributed by atoms with Crippen LogP contribution in [0.2, 0.25) is 0 Å². The average Bonchev–Trinajstić information content (AvgIpc) is 3.15. The van der Waals surface area contributed by atoms with Gasteiger partial charge in [-0.2, -0.15) is 4.98 Å². The van der Waals surface area contributed by atoms with Crippen LogP contribution < -0.4 is 20.2 Å². The highest BCUT2D eigenvalue weighted by atomic mass is 32.2. The molecule has 4 rings (SSSR count). The van der Waals surface area contributed by atoms with E-state index in [4.69, 9.17) is 5.14 Å². The normalized spacial score (nSPS) is 12.1. The van der Waals surface area contributed by atoms with Gasteiger partial charge in [-0.05, 0) is 30.3 Å². The van der Waals surface area contributed by atoms with Gasteiger partial charge in [0, 0.05) is 16.9 Å². The largest absolute Gasteiger partial charge is 0.310 e. The predicted molar refractivity (Wildman–Crippen MR) is 115 cm³/mol. The average molecular weight is 461 g/mol. The van der Waals surface area contributed by atoms with Crippen molar-refractivity contribution >= 4 is 48.5 Å². The number of aromatic amines is 2. The SMILES string of the molecule is CS(=O)(=O)Nc1ccc(-c2nc(Nc3cccc(S(N)(=O)=O)c3)nc3[nH+]c[nH]c23)cc1. The molecule has 160 valence electrons. The summed E-state index contributed by atoms with van der Waals surface area (Å²) in [5.74, 6) is 0.225. The number of hydrogen-bond donors (Lipinski definition) is 4. The van der Waals surface area contributed by atoms with Crippen LogP contribution in [0.25, 0.3) is 22.4 Å². The van der Waals surface area contributed by atoms with Crippen LogP contribution in [0.4, 0.5) is 17.3 Å². The summed E-state index contributed by atoms with van der Waals surface area (Å²) in [5, 5.41) is 8.17. The third-order valence-corrected chi connectivity index (χ3v) is 5.73. The van der Waals surface area contributed by atoms with Crippen LogP contribution in [0, 0.1) is 0 Å². The molecule has 0 saturated heterocycles. The van der Waals surface area contributed by atoms with Crippen molar-refractivity contribution in [1.82, 2.24) is 15.0 Å². The molecule has 6 N–H and O–H groups in total. The first-order chi connectivity index (χ1) is 14.6. The molecule has 0 radical (unpaired) electrons. The van der Waals surface area contributed by atoms with Crippen molar-refractivity contribution < 1.29 is 21.8 Å². The Bertz CT molecular complexity index is 1480. The fourth-order valence-electron chi connectivity index (χ4n) is 2.93. The fourth-order valence-corrected chi connectivity index (χ4v) is 4.06. The standard InChI is InChI=1S/C18H17N7O4S2/c1-30(26,27)25-12-7-5-11(6-8-12)15-16-17(21-10-20-16)24-18(23-15)22-13-3-2-4-14(9-13)31(19,28)29/h2-10,25H,1H3,(H2,19,28,29)(H2,20,21,22,23,24)/p+1. The van der Waals surface area contributed by atoms with E-state index < -0.39 is 20.0 Å². The van der Waals surface area contributed by atoms with Gasteiger partial charge in [0.2, 0.25) is 20.0 Å². The van der Waals surface area contributed by atoms with E-state index in [1.807, 2.05) is 0 Å². The first-order valence-corrected chi connectivity index (χ1v) is 12.3. The molecule has 0 bridgehead atoms. The smallest absolute Gasteiger partial charge is 0.305 e. The summed E-state index contributed by atoms with van der Waals surface area (Å²) >= 11 is 0. The van der Waals surface area contributed by atoms with Crippen LogP contribution in [-0.4, -0.2) is 38.0 Å². The molecule has 0 atom stereocenters. The van der Waals surface area contributed by atoms with E-state index in [0.717, 1.165) is 6.26 Å². The highest BCUT2D eigenvalue weighted by Gasteiger charge is 2.18. The summed E-state index contributed by atoms with van der Waals surface area (Å²) in [6.45, 7) is 0. The number of hydrogen-bond acceptors (Lipinski definition) is 7. The third-order valence-electron chi connectivity index (χ3n) is 4.21. The zero-order valence-electron chi connectivity index (χ0n) is 16.1. The lowest BCUT2D eigenvalue weighted by Gasteiger charge is -2.07. The van der Waals surface area contributed by atoms with Crippen LogP contribution in [-0.2, 0) is 20.0 Å². The minimum Gasteiger partial charge on any atom is -0.310 e. The molecule has 11 nitrogen and oxygen atoms in total. The van der Waals surface area contributed by atoms with Crippen molar-refractivity contribution in [1.29, 1.82) is 0 Å². The number of anilines is 3. The number of rotatable bonds is 6. The van der Waals surface area contributed by atoms with Gasteiger partial charge >= 0.3 is 11.6 Å². The Balaban J connectivity index is 1.72. The van der Waals surface area contributed by atoms with Crippen molar-refractivity contribution in [3.05, 3.63) is 54.9 Å². The lowest BCUT2D eigenvalue weighted by atomic mass is 10.1. The minimum absolute atomic E-state index is 0.0408. The number of aromatic nitrogens is 4. The van der Waals surface area contributed by atoms with E-state index in [1.165, 1.54) is 12.1 Å². The lowest BCUT2D eigenvalue weighted by molar-refractivity contribution is -0.347. The molecule has 0 aliphatic carbocycles. The van der Waals surface area contributed by atoms with E-state index in [-0.39, 0.29) is 10.8 Å². The Hall–Kier alpha value is -3.55. The second-order valence-corrected chi connectivity index (χ2v) is 10.0. The molecule has 2 aromatic carbocycles. The van der Waals surface area contributed by atoms with Gasteiger partial charge in [-0.1, -0.05) is 23.2 Å². The summed E-state index contributed by atoms with van der Waals surface area (Å²) in [6, 6.07) is 12.7. The molecule has 13 heteroatoms. The van der Waals surface area contributed by atoms with E-state index in [0.29, 0.717) is 33.8 Å². The van der Waals surface area contributed by atoms with Crippen molar-refractivity contribution in [3.63, 3.8) is 0 Å². The summed E-state index contributed by atoms with van der Waals surface area (Å²) in [5.41, 5.74) is 3.31. The van der Waals surface area contributed by atoms with Gasteiger partial charge < -0.3 is 5.32 Å². The van der Waals surface area contributed by atoms with Crippen molar-refractivity contribution in [3.8, 4) is 11.3 Å². The monoisotopic (exact) mass is 460 g/mol. The van der Waals surface area contributed by atoms with E-state index in [2.05, 4.69) is 30.0 Å². The molecular formula is C18H18N7O4S2+. The highest BCUT2D eigenvalue weighted by molar-refractivity contribution is 7.92. The first-order valence-electron chi connectivity index (χ1n) is 8.83. The van der Waals surface area contributed by atoms with Crippen LogP contribution in [0.15, 0.2) is 59.8 Å². The number of primary sulfonamides is 1. The Morgan fingerprint density at radius 3 is 2.42 bits per heavy atom. The Morgan fingerprint density at radius 1 is 1.00 bits per heavy atom. The zero-order valence-corrected chi connectivity index (χ0v) is 17.8. The van der Waals surface area contributed by atoms with Gasteiger partial charge in [0.1, 0.15) is 5.69 Å². The number of imidazole rings is 1. The number of nitrogens with one attached hydrogen (secondary N) is 4. The maximum Gasteiger partial charge on any atom is 0.305 e. The fraction of sp³-hybridized carbons (Fsp3) is 0.0556. The molecule has 0 amide bonds. The third kappa shape index (κ3) is 4.79. The molecule has 2 aromatic heterocycles. The Labute approximate surface area is 177 Å². The second-order valence-electron chi connectivity index (χ2n) is 6.70. The van der Waals surface area contributed by atoms with Gasteiger partial charge in [0.25, 0.3) is 0 Å². The number of sulfonamides is 2. The van der Waals surface area contributed by atoms with Gasteiger partial charge in [0.05, 0.1) is 11.2 Å². The highest BCUT2D eigenvalue weighted by Crippen LogP contribution is 2.27. The van der Waals surface area contributed by atoms with Crippen molar-refractivity contribution in [2.45, 2.75) is 4.90 Å². The summed E-state index contributed by atoms with van der Waals surface area (Å²) in [4.78, 5) is 14.9. The Kier molecular flexibility index (Phi) is 5.08. The number of benzene rings is 2. The summed E-state index contributed by atoms with van der Waals surface area (Å²) < 4.78 is 48.4. The van der Waals surface area contributed by atoms with Gasteiger partial charge in [-0.25, -0.2) is 27.0 Å². The molecule has 2 heterocycles.